The number of fused-ring (bicyclic) bond motifs is 1. The summed E-state index contributed by atoms with van der Waals surface area (Å²) >= 11 is 1.64. The molecule has 3 unspecified atom stereocenters. The molecule has 17 heavy (non-hydrogen) atoms. The number of nitrogens with one attached hydrogen (secondary N) is 1. The number of amides is 1. The van der Waals surface area contributed by atoms with Gasteiger partial charge in [-0.1, -0.05) is 0 Å². The lowest BCUT2D eigenvalue weighted by molar-refractivity contribution is -0.127. The molecule has 2 N–H and O–H groups in total. The fourth-order valence-corrected chi connectivity index (χ4v) is 3.61. The topological polar surface area (TPSA) is 52.6 Å². The maximum Gasteiger partial charge on any atom is 0.224 e. The van der Waals surface area contributed by atoms with Gasteiger partial charge in [0.15, 0.2) is 0 Å². The van der Waals surface area contributed by atoms with Crippen LogP contribution in [0.2, 0.25) is 0 Å². The minimum Gasteiger partial charge on any atom is -0.388 e. The largest absolute Gasteiger partial charge is 0.388 e. The number of rotatable bonds is 5. The maximum atomic E-state index is 11.7. The lowest BCUT2D eigenvalue weighted by atomic mass is 10.0. The number of carbonyl (C=O) groups is 1. The van der Waals surface area contributed by atoms with Crippen LogP contribution in [0.1, 0.15) is 26.2 Å². The van der Waals surface area contributed by atoms with Crippen molar-refractivity contribution in [3.8, 4) is 0 Å². The Morgan fingerprint density at radius 3 is 3.12 bits per heavy atom. The molecular formula is C12H22N2O2S. The van der Waals surface area contributed by atoms with Gasteiger partial charge in [0.25, 0.3) is 0 Å². The molecule has 0 aromatic heterocycles. The molecule has 98 valence electrons. The fourth-order valence-electron chi connectivity index (χ4n) is 2.88. The van der Waals surface area contributed by atoms with Gasteiger partial charge in [-0.15, -0.1) is 0 Å². The monoisotopic (exact) mass is 258 g/mol. The van der Waals surface area contributed by atoms with E-state index in [-0.39, 0.29) is 11.9 Å². The summed E-state index contributed by atoms with van der Waals surface area (Å²) in [6, 6.07) is 0.603. The van der Waals surface area contributed by atoms with Gasteiger partial charge in [0, 0.05) is 37.3 Å². The molecule has 0 bridgehead atoms. The highest BCUT2D eigenvalue weighted by Crippen LogP contribution is 2.29. The van der Waals surface area contributed by atoms with E-state index in [1.807, 2.05) is 18.1 Å². The van der Waals surface area contributed by atoms with Crippen molar-refractivity contribution in [2.45, 2.75) is 43.9 Å². The van der Waals surface area contributed by atoms with Crippen LogP contribution in [0.15, 0.2) is 0 Å². The van der Waals surface area contributed by atoms with Crippen LogP contribution in [0.25, 0.3) is 0 Å². The van der Waals surface area contributed by atoms with Gasteiger partial charge in [0.2, 0.25) is 5.91 Å². The lowest BCUT2D eigenvalue weighted by Crippen LogP contribution is -2.47. The van der Waals surface area contributed by atoms with E-state index in [4.69, 9.17) is 0 Å². The summed E-state index contributed by atoms with van der Waals surface area (Å²) in [6.45, 7) is 3.33. The van der Waals surface area contributed by atoms with E-state index in [0.29, 0.717) is 19.0 Å². The van der Waals surface area contributed by atoms with Crippen molar-refractivity contribution in [2.75, 3.05) is 25.1 Å². The predicted molar refractivity (Wildman–Crippen MR) is 70.1 cm³/mol. The molecule has 2 fully saturated rings. The average molecular weight is 258 g/mol. The molecule has 0 aromatic carbocycles. The summed E-state index contributed by atoms with van der Waals surface area (Å²) in [6.07, 6.45) is 4.82. The summed E-state index contributed by atoms with van der Waals surface area (Å²) < 4.78 is 0. The first kappa shape index (κ1) is 13.2. The highest BCUT2D eigenvalue weighted by molar-refractivity contribution is 7.98. The number of carbonyl (C=O) groups excluding carboxylic acids is 1. The molecule has 5 heteroatoms. The summed E-state index contributed by atoms with van der Waals surface area (Å²) in [5.41, 5.74) is -0.686. The summed E-state index contributed by atoms with van der Waals surface area (Å²) in [5, 5.41) is 13.5. The van der Waals surface area contributed by atoms with Crippen molar-refractivity contribution in [1.82, 2.24) is 10.2 Å². The Morgan fingerprint density at radius 1 is 1.65 bits per heavy atom. The van der Waals surface area contributed by atoms with Gasteiger partial charge >= 0.3 is 0 Å². The van der Waals surface area contributed by atoms with Gasteiger partial charge in [-0.2, -0.15) is 11.8 Å². The first-order chi connectivity index (χ1) is 8.03. The number of nitrogens with zero attached hydrogens (tertiary/aromatic N) is 1. The number of thioether (sulfide) groups is 1. The average Bonchev–Trinajstić information content (AvgIpc) is 2.80. The van der Waals surface area contributed by atoms with E-state index in [9.17, 15) is 9.90 Å². The van der Waals surface area contributed by atoms with E-state index in [2.05, 4.69) is 5.32 Å². The van der Waals surface area contributed by atoms with Crippen LogP contribution >= 0.6 is 11.8 Å². The third-order valence-corrected chi connectivity index (χ3v) is 4.59. The second-order valence-electron chi connectivity index (χ2n) is 5.42. The first-order valence-electron chi connectivity index (χ1n) is 6.28. The molecule has 3 atom stereocenters. The second kappa shape index (κ2) is 5.16. The SMILES string of the molecule is CSCC(C)(O)CNC1CC(=O)N2CCCC12. The smallest absolute Gasteiger partial charge is 0.224 e. The van der Waals surface area contributed by atoms with Crippen LogP contribution in [0.4, 0.5) is 0 Å². The highest BCUT2D eigenvalue weighted by Gasteiger charge is 2.42. The molecule has 4 nitrogen and oxygen atoms in total. The van der Waals surface area contributed by atoms with Gasteiger partial charge in [0.05, 0.1) is 5.60 Å². The maximum absolute atomic E-state index is 11.7. The molecule has 1 amide bonds. The normalized spacial score (nSPS) is 31.7. The Labute approximate surface area is 107 Å². The standard InChI is InChI=1S/C12H22N2O2S/c1-12(16,8-17-2)7-13-9-6-11(15)14-5-3-4-10(9)14/h9-10,13,16H,3-8H2,1-2H3. The van der Waals surface area contributed by atoms with Gasteiger partial charge in [0.1, 0.15) is 0 Å². The fraction of sp³-hybridized carbons (Fsp3) is 0.917. The van der Waals surface area contributed by atoms with Crippen LogP contribution in [0.5, 0.6) is 0 Å². The summed E-state index contributed by atoms with van der Waals surface area (Å²) in [4.78, 5) is 13.7. The minimum atomic E-state index is -0.686. The third kappa shape index (κ3) is 2.95. The Balaban J connectivity index is 1.86. The zero-order valence-corrected chi connectivity index (χ0v) is 11.4. The van der Waals surface area contributed by atoms with Crippen molar-refractivity contribution in [3.63, 3.8) is 0 Å². The highest BCUT2D eigenvalue weighted by atomic mass is 32.2. The molecule has 2 rings (SSSR count). The van der Waals surface area contributed by atoms with Crippen molar-refractivity contribution >= 4 is 17.7 Å². The van der Waals surface area contributed by atoms with Gasteiger partial charge in [-0.25, -0.2) is 0 Å². The number of hydrogen-bond acceptors (Lipinski definition) is 4. The molecule has 0 aliphatic carbocycles. The van der Waals surface area contributed by atoms with Crippen LogP contribution in [-0.4, -0.2) is 58.7 Å². The quantitative estimate of drug-likeness (QED) is 0.752. The molecule has 2 aliphatic rings. The molecule has 0 aromatic rings. The van der Waals surface area contributed by atoms with Crippen LogP contribution in [-0.2, 0) is 4.79 Å². The molecule has 0 spiro atoms. The zero-order chi connectivity index (χ0) is 12.5. The van der Waals surface area contributed by atoms with Crippen LogP contribution in [0, 0.1) is 0 Å². The Kier molecular flexibility index (Phi) is 4.00. The van der Waals surface area contributed by atoms with Crippen molar-refractivity contribution in [3.05, 3.63) is 0 Å². The van der Waals surface area contributed by atoms with Crippen molar-refractivity contribution in [1.29, 1.82) is 0 Å². The van der Waals surface area contributed by atoms with Crippen molar-refractivity contribution < 1.29 is 9.90 Å². The zero-order valence-electron chi connectivity index (χ0n) is 10.6. The van der Waals surface area contributed by atoms with Gasteiger partial charge in [-0.05, 0) is 26.0 Å². The molecule has 2 saturated heterocycles. The Morgan fingerprint density at radius 2 is 2.41 bits per heavy atom. The second-order valence-corrected chi connectivity index (χ2v) is 6.28. The molecule has 0 radical (unpaired) electrons. The minimum absolute atomic E-state index is 0.235. The third-order valence-electron chi connectivity index (χ3n) is 3.68. The summed E-state index contributed by atoms with van der Waals surface area (Å²) in [5.74, 6) is 0.990. The van der Waals surface area contributed by atoms with Crippen LogP contribution < -0.4 is 5.32 Å². The Hall–Kier alpha value is -0.260. The van der Waals surface area contributed by atoms with E-state index in [1.165, 1.54) is 0 Å². The lowest BCUT2D eigenvalue weighted by Gasteiger charge is -2.27. The van der Waals surface area contributed by atoms with Gasteiger partial charge < -0.3 is 15.3 Å². The van der Waals surface area contributed by atoms with E-state index in [0.717, 1.165) is 25.1 Å². The van der Waals surface area contributed by atoms with E-state index < -0.39 is 5.60 Å². The molecular weight excluding hydrogens is 236 g/mol. The first-order valence-corrected chi connectivity index (χ1v) is 7.67. The number of hydrogen-bond donors (Lipinski definition) is 2. The molecule has 2 heterocycles. The summed E-state index contributed by atoms with van der Waals surface area (Å²) in [7, 11) is 0. The van der Waals surface area contributed by atoms with Crippen LogP contribution in [0.3, 0.4) is 0 Å². The predicted octanol–water partition coefficient (Wildman–Crippen LogP) is 0.453. The Bertz CT molecular complexity index is 296. The van der Waals surface area contributed by atoms with Crippen molar-refractivity contribution in [2.24, 2.45) is 0 Å². The molecule has 0 saturated carbocycles. The van der Waals surface area contributed by atoms with E-state index >= 15 is 0 Å². The number of aliphatic hydroxyl groups is 1. The molecule has 2 aliphatic heterocycles. The van der Waals surface area contributed by atoms with Gasteiger partial charge in [-0.3, -0.25) is 4.79 Å². The van der Waals surface area contributed by atoms with E-state index in [1.54, 1.807) is 11.8 Å².